The predicted octanol–water partition coefficient (Wildman–Crippen LogP) is 0.531. The quantitative estimate of drug-likeness (QED) is 0.811. The highest BCUT2D eigenvalue weighted by Gasteiger charge is 2.03. The van der Waals surface area contributed by atoms with Crippen molar-refractivity contribution in [1.82, 2.24) is 20.0 Å². The normalized spacial score (nSPS) is 10.6. The molecular weight excluding hydrogens is 202 g/mol. The van der Waals surface area contributed by atoms with Crippen molar-refractivity contribution in [1.29, 1.82) is 0 Å². The van der Waals surface area contributed by atoms with Gasteiger partial charge in [0.05, 0.1) is 17.9 Å². The first-order chi connectivity index (χ1) is 7.79. The molecule has 16 heavy (non-hydrogen) atoms. The largest absolute Gasteiger partial charge is 0.330 e. The molecule has 5 heteroatoms. The summed E-state index contributed by atoms with van der Waals surface area (Å²) in [6.45, 7) is 3.30. The molecule has 0 aliphatic rings. The minimum Gasteiger partial charge on any atom is -0.330 e. The Hall–Kier alpha value is -1.75. The summed E-state index contributed by atoms with van der Waals surface area (Å²) in [7, 11) is 0. The fourth-order valence-electron chi connectivity index (χ4n) is 1.52. The average molecular weight is 217 g/mol. The van der Waals surface area contributed by atoms with Gasteiger partial charge < -0.3 is 5.73 Å². The number of pyridine rings is 1. The van der Waals surface area contributed by atoms with E-state index in [-0.39, 0.29) is 0 Å². The number of hydrogen-bond acceptors (Lipinski definition) is 4. The number of rotatable bonds is 4. The highest BCUT2D eigenvalue weighted by atomic mass is 15.4. The van der Waals surface area contributed by atoms with Gasteiger partial charge in [-0.1, -0.05) is 11.3 Å². The van der Waals surface area contributed by atoms with Crippen LogP contribution in [0.1, 0.15) is 17.0 Å². The Morgan fingerprint density at radius 3 is 3.06 bits per heavy atom. The maximum Gasteiger partial charge on any atom is 0.0851 e. The Morgan fingerprint density at radius 1 is 1.44 bits per heavy atom. The van der Waals surface area contributed by atoms with Gasteiger partial charge in [0.1, 0.15) is 0 Å². The zero-order valence-corrected chi connectivity index (χ0v) is 9.30. The van der Waals surface area contributed by atoms with E-state index in [1.54, 1.807) is 10.9 Å². The average Bonchev–Trinajstić information content (AvgIpc) is 2.70. The fraction of sp³-hybridized carbons (Fsp3) is 0.364. The smallest absolute Gasteiger partial charge is 0.0851 e. The second-order valence-corrected chi connectivity index (χ2v) is 3.71. The molecule has 0 atom stereocenters. The minimum atomic E-state index is 0.599. The number of aryl methyl sites for hydroxylation is 1. The molecule has 0 aromatic carbocycles. The topological polar surface area (TPSA) is 69.6 Å². The molecule has 0 aliphatic heterocycles. The van der Waals surface area contributed by atoms with Crippen LogP contribution in [-0.2, 0) is 13.0 Å². The van der Waals surface area contributed by atoms with Gasteiger partial charge in [0, 0.05) is 18.8 Å². The molecule has 2 N–H and O–H groups in total. The molecule has 2 aromatic rings. The van der Waals surface area contributed by atoms with Gasteiger partial charge in [-0.25, -0.2) is 4.68 Å². The van der Waals surface area contributed by atoms with E-state index in [9.17, 15) is 0 Å². The third-order valence-electron chi connectivity index (χ3n) is 2.42. The second-order valence-electron chi connectivity index (χ2n) is 3.71. The molecule has 0 radical (unpaired) electrons. The van der Waals surface area contributed by atoms with E-state index in [0.29, 0.717) is 13.1 Å². The zero-order valence-electron chi connectivity index (χ0n) is 9.30. The first kappa shape index (κ1) is 10.8. The second kappa shape index (κ2) is 4.85. The van der Waals surface area contributed by atoms with Crippen LogP contribution in [0.15, 0.2) is 24.5 Å². The van der Waals surface area contributed by atoms with Crippen molar-refractivity contribution in [3.8, 4) is 0 Å². The summed E-state index contributed by atoms with van der Waals surface area (Å²) in [5, 5.41) is 8.08. The van der Waals surface area contributed by atoms with Crippen LogP contribution >= 0.6 is 0 Å². The van der Waals surface area contributed by atoms with Gasteiger partial charge >= 0.3 is 0 Å². The standard InChI is InChI=1S/C11H15N5/c1-9-3-2-6-13-11(9)8-16-7-10(4-5-12)14-15-16/h2-3,6-7H,4-5,8,12H2,1H3. The number of nitrogens with zero attached hydrogens (tertiary/aromatic N) is 4. The van der Waals surface area contributed by atoms with Crippen LogP contribution in [0.2, 0.25) is 0 Å². The summed E-state index contributed by atoms with van der Waals surface area (Å²) in [6, 6.07) is 3.97. The van der Waals surface area contributed by atoms with Crippen molar-refractivity contribution >= 4 is 0 Å². The Morgan fingerprint density at radius 2 is 2.31 bits per heavy atom. The summed E-state index contributed by atoms with van der Waals surface area (Å²) in [6.07, 6.45) is 4.47. The SMILES string of the molecule is Cc1cccnc1Cn1cc(CCN)nn1. The summed E-state index contributed by atoms with van der Waals surface area (Å²) < 4.78 is 1.79. The molecule has 84 valence electrons. The summed E-state index contributed by atoms with van der Waals surface area (Å²) >= 11 is 0. The van der Waals surface area contributed by atoms with Gasteiger partial charge in [0.2, 0.25) is 0 Å². The van der Waals surface area contributed by atoms with Crippen molar-refractivity contribution in [2.24, 2.45) is 5.73 Å². The Bertz CT molecular complexity index is 463. The van der Waals surface area contributed by atoms with Crippen LogP contribution in [0.3, 0.4) is 0 Å². The Labute approximate surface area is 94.3 Å². The van der Waals surface area contributed by atoms with Gasteiger partial charge in [-0.15, -0.1) is 5.10 Å². The lowest BCUT2D eigenvalue weighted by molar-refractivity contribution is 0.635. The van der Waals surface area contributed by atoms with Crippen molar-refractivity contribution in [2.45, 2.75) is 19.9 Å². The van der Waals surface area contributed by atoms with Crippen molar-refractivity contribution in [3.63, 3.8) is 0 Å². The number of nitrogens with two attached hydrogens (primary N) is 1. The monoisotopic (exact) mass is 217 g/mol. The van der Waals surface area contributed by atoms with Crippen LogP contribution in [0.4, 0.5) is 0 Å². The van der Waals surface area contributed by atoms with E-state index in [4.69, 9.17) is 5.73 Å². The van der Waals surface area contributed by atoms with Crippen molar-refractivity contribution < 1.29 is 0 Å². The highest BCUT2D eigenvalue weighted by Crippen LogP contribution is 2.05. The van der Waals surface area contributed by atoms with Gasteiger partial charge in [-0.3, -0.25) is 4.98 Å². The Kier molecular flexibility index (Phi) is 3.26. The zero-order chi connectivity index (χ0) is 11.4. The maximum atomic E-state index is 5.46. The molecule has 0 saturated carbocycles. The maximum absolute atomic E-state index is 5.46. The number of aromatic nitrogens is 4. The molecule has 0 fully saturated rings. The Balaban J connectivity index is 2.11. The molecule has 0 amide bonds. The van der Waals surface area contributed by atoms with E-state index < -0.39 is 0 Å². The van der Waals surface area contributed by atoms with Gasteiger partial charge in [0.15, 0.2) is 0 Å². The molecule has 0 aliphatic carbocycles. The van der Waals surface area contributed by atoms with E-state index in [2.05, 4.69) is 15.3 Å². The molecule has 2 rings (SSSR count). The molecule has 2 aromatic heterocycles. The van der Waals surface area contributed by atoms with E-state index >= 15 is 0 Å². The third kappa shape index (κ3) is 2.43. The third-order valence-corrected chi connectivity index (χ3v) is 2.42. The molecular formula is C11H15N5. The molecule has 0 saturated heterocycles. The summed E-state index contributed by atoms with van der Waals surface area (Å²) in [5.74, 6) is 0. The summed E-state index contributed by atoms with van der Waals surface area (Å²) in [5.41, 5.74) is 8.57. The first-order valence-electron chi connectivity index (χ1n) is 5.29. The van der Waals surface area contributed by atoms with Gasteiger partial charge in [0.25, 0.3) is 0 Å². The number of hydrogen-bond donors (Lipinski definition) is 1. The van der Waals surface area contributed by atoms with E-state index in [0.717, 1.165) is 17.8 Å². The van der Waals surface area contributed by atoms with E-state index in [1.807, 2.05) is 25.3 Å². The molecule has 5 nitrogen and oxygen atoms in total. The van der Waals surface area contributed by atoms with Crippen molar-refractivity contribution in [2.75, 3.05) is 6.54 Å². The lowest BCUT2D eigenvalue weighted by Gasteiger charge is -2.02. The molecule has 0 unspecified atom stereocenters. The van der Waals surface area contributed by atoms with Crippen LogP contribution in [0.25, 0.3) is 0 Å². The van der Waals surface area contributed by atoms with Crippen LogP contribution in [-0.4, -0.2) is 26.5 Å². The van der Waals surface area contributed by atoms with Crippen LogP contribution in [0.5, 0.6) is 0 Å². The van der Waals surface area contributed by atoms with E-state index in [1.165, 1.54) is 5.56 Å². The lowest BCUT2D eigenvalue weighted by atomic mass is 10.2. The predicted molar refractivity (Wildman–Crippen MR) is 60.9 cm³/mol. The van der Waals surface area contributed by atoms with Crippen LogP contribution < -0.4 is 5.73 Å². The molecule has 0 spiro atoms. The molecule has 2 heterocycles. The minimum absolute atomic E-state index is 0.599. The lowest BCUT2D eigenvalue weighted by Crippen LogP contribution is -2.04. The highest BCUT2D eigenvalue weighted by molar-refractivity contribution is 5.17. The molecule has 0 bridgehead atoms. The summed E-state index contributed by atoms with van der Waals surface area (Å²) in [4.78, 5) is 4.32. The van der Waals surface area contributed by atoms with Gasteiger partial charge in [-0.2, -0.15) is 0 Å². The fourth-order valence-corrected chi connectivity index (χ4v) is 1.52. The van der Waals surface area contributed by atoms with Crippen LogP contribution in [0, 0.1) is 6.92 Å². The van der Waals surface area contributed by atoms with Crippen molar-refractivity contribution in [3.05, 3.63) is 41.5 Å². The first-order valence-corrected chi connectivity index (χ1v) is 5.29. The van der Waals surface area contributed by atoms with Gasteiger partial charge in [-0.05, 0) is 25.1 Å².